The molecule has 0 aliphatic carbocycles. The van der Waals surface area contributed by atoms with E-state index in [1.54, 1.807) is 13.8 Å². The summed E-state index contributed by atoms with van der Waals surface area (Å²) in [6.07, 6.45) is 1.18. The van der Waals surface area contributed by atoms with Crippen molar-refractivity contribution in [3.05, 3.63) is 0 Å². The standard InChI is InChI=1S/C20H40N10O5/c1-10(2)14(30-16(32)12(21)6-4-8-26-19(22)23)17(33)28-11(3)15(31)29-13(18(34)35)7-5-9-27-20(24)25/h10-14H,4-9,21H2,1-3H3,(H,28,33)(H,29,31)(H,30,32)(H,34,35)(H4,22,23,26)(H4,24,25,27). The number of hydrogen-bond donors (Lipinski definition) is 9. The van der Waals surface area contributed by atoms with E-state index in [-0.39, 0.29) is 30.8 Å². The summed E-state index contributed by atoms with van der Waals surface area (Å²) in [4.78, 5) is 56.7. The molecule has 0 aliphatic rings. The highest BCUT2D eigenvalue weighted by atomic mass is 16.4. The molecule has 3 amide bonds. The van der Waals surface area contributed by atoms with Crippen molar-refractivity contribution < 1.29 is 24.3 Å². The molecule has 0 saturated heterocycles. The molecule has 0 aromatic rings. The van der Waals surface area contributed by atoms with Crippen LogP contribution in [0.5, 0.6) is 0 Å². The van der Waals surface area contributed by atoms with Crippen LogP contribution in [0.3, 0.4) is 0 Å². The van der Waals surface area contributed by atoms with Gasteiger partial charge in [0.15, 0.2) is 11.9 Å². The third-order valence-electron chi connectivity index (χ3n) is 4.86. The molecule has 200 valence electrons. The van der Waals surface area contributed by atoms with Gasteiger partial charge < -0.3 is 49.7 Å². The summed E-state index contributed by atoms with van der Waals surface area (Å²) in [7, 11) is 0. The Labute approximate surface area is 204 Å². The van der Waals surface area contributed by atoms with Crippen LogP contribution in [-0.4, -0.2) is 78.0 Å². The van der Waals surface area contributed by atoms with Crippen LogP contribution in [-0.2, 0) is 19.2 Å². The van der Waals surface area contributed by atoms with Crippen molar-refractivity contribution in [2.75, 3.05) is 13.1 Å². The number of carboxylic acids is 1. The molecule has 0 heterocycles. The third kappa shape index (κ3) is 13.6. The zero-order valence-corrected chi connectivity index (χ0v) is 20.5. The maximum absolute atomic E-state index is 12.7. The molecular weight excluding hydrogens is 460 g/mol. The van der Waals surface area contributed by atoms with Gasteiger partial charge >= 0.3 is 5.97 Å². The van der Waals surface area contributed by atoms with E-state index in [1.807, 2.05) is 0 Å². The first-order valence-corrected chi connectivity index (χ1v) is 11.3. The summed E-state index contributed by atoms with van der Waals surface area (Å²) < 4.78 is 0. The molecule has 15 heteroatoms. The van der Waals surface area contributed by atoms with Gasteiger partial charge in [-0.2, -0.15) is 0 Å². The number of nitrogens with zero attached hydrogens (tertiary/aromatic N) is 2. The Hall–Kier alpha value is -3.62. The lowest BCUT2D eigenvalue weighted by Crippen LogP contribution is -2.57. The number of carbonyl (C=O) groups is 4. The van der Waals surface area contributed by atoms with Crippen LogP contribution in [0, 0.1) is 5.92 Å². The normalized spacial score (nSPS) is 14.1. The Balaban J connectivity index is 4.89. The van der Waals surface area contributed by atoms with Gasteiger partial charge in [0.05, 0.1) is 6.04 Å². The number of rotatable bonds is 16. The van der Waals surface area contributed by atoms with Crippen molar-refractivity contribution in [1.82, 2.24) is 16.0 Å². The molecular formula is C20H40N10O5. The van der Waals surface area contributed by atoms with Crippen molar-refractivity contribution >= 4 is 35.6 Å². The van der Waals surface area contributed by atoms with Crippen LogP contribution in [0.1, 0.15) is 46.5 Å². The van der Waals surface area contributed by atoms with Crippen LogP contribution in [0.15, 0.2) is 9.98 Å². The number of carboxylic acid groups (broad SMARTS) is 1. The molecule has 0 spiro atoms. The summed E-state index contributed by atoms with van der Waals surface area (Å²) in [5.74, 6) is -3.56. The van der Waals surface area contributed by atoms with Crippen LogP contribution in [0.4, 0.5) is 0 Å². The summed E-state index contributed by atoms with van der Waals surface area (Å²) >= 11 is 0. The number of aliphatic imine (C=N–C) groups is 2. The number of carbonyl (C=O) groups excluding carboxylic acids is 3. The number of guanidine groups is 2. The number of nitrogens with one attached hydrogen (secondary N) is 3. The molecule has 4 unspecified atom stereocenters. The molecule has 15 nitrogen and oxygen atoms in total. The molecule has 0 fully saturated rings. The number of nitrogens with two attached hydrogens (primary N) is 5. The quantitative estimate of drug-likeness (QED) is 0.0576. The maximum atomic E-state index is 12.7. The number of amides is 3. The number of aliphatic carboxylic acids is 1. The largest absolute Gasteiger partial charge is 0.480 e. The minimum Gasteiger partial charge on any atom is -0.480 e. The first-order valence-electron chi connectivity index (χ1n) is 11.3. The van der Waals surface area contributed by atoms with Crippen LogP contribution in [0.2, 0.25) is 0 Å². The first kappa shape index (κ1) is 31.4. The van der Waals surface area contributed by atoms with Crippen molar-refractivity contribution in [2.24, 2.45) is 44.6 Å². The molecule has 0 radical (unpaired) electrons. The lowest BCUT2D eigenvalue weighted by atomic mass is 10.0. The molecule has 14 N–H and O–H groups in total. The van der Waals surface area contributed by atoms with E-state index in [0.29, 0.717) is 25.8 Å². The van der Waals surface area contributed by atoms with Gasteiger partial charge in [-0.15, -0.1) is 0 Å². The third-order valence-corrected chi connectivity index (χ3v) is 4.86. The van der Waals surface area contributed by atoms with E-state index in [0.717, 1.165) is 0 Å². The van der Waals surface area contributed by atoms with Crippen LogP contribution >= 0.6 is 0 Å². The van der Waals surface area contributed by atoms with Crippen molar-refractivity contribution in [3.8, 4) is 0 Å². The predicted octanol–water partition coefficient (Wildman–Crippen LogP) is -3.36. The van der Waals surface area contributed by atoms with E-state index in [4.69, 9.17) is 28.7 Å². The summed E-state index contributed by atoms with van der Waals surface area (Å²) in [5, 5.41) is 16.8. The summed E-state index contributed by atoms with van der Waals surface area (Å²) in [5.41, 5.74) is 26.8. The zero-order chi connectivity index (χ0) is 27.1. The topological polar surface area (TPSA) is 279 Å². The van der Waals surface area contributed by atoms with Gasteiger partial charge in [-0.25, -0.2) is 4.79 Å². The molecule has 0 aliphatic heterocycles. The summed E-state index contributed by atoms with van der Waals surface area (Å²) in [6.45, 7) is 5.36. The fraction of sp³-hybridized carbons (Fsp3) is 0.700. The molecule has 0 rings (SSSR count). The molecule has 35 heavy (non-hydrogen) atoms. The molecule has 0 saturated carbocycles. The van der Waals surface area contributed by atoms with Crippen LogP contribution < -0.4 is 44.6 Å². The second kappa shape index (κ2) is 16.1. The second-order valence-corrected chi connectivity index (χ2v) is 8.36. The smallest absolute Gasteiger partial charge is 0.326 e. The fourth-order valence-electron chi connectivity index (χ4n) is 2.87. The monoisotopic (exact) mass is 500 g/mol. The molecule has 4 atom stereocenters. The van der Waals surface area contributed by atoms with E-state index in [2.05, 4.69) is 25.9 Å². The first-order chi connectivity index (χ1) is 16.3. The number of hydrogen-bond acceptors (Lipinski definition) is 7. The molecule has 0 bridgehead atoms. The van der Waals surface area contributed by atoms with Gasteiger partial charge in [0.2, 0.25) is 17.7 Å². The van der Waals surface area contributed by atoms with Gasteiger partial charge in [0, 0.05) is 13.1 Å². The maximum Gasteiger partial charge on any atom is 0.326 e. The van der Waals surface area contributed by atoms with Crippen molar-refractivity contribution in [2.45, 2.75) is 70.6 Å². The van der Waals surface area contributed by atoms with Gasteiger partial charge in [0.1, 0.15) is 18.1 Å². The second-order valence-electron chi connectivity index (χ2n) is 8.36. The van der Waals surface area contributed by atoms with E-state index < -0.39 is 47.9 Å². The summed E-state index contributed by atoms with van der Waals surface area (Å²) in [6, 6.07) is -4.09. The minimum atomic E-state index is -1.23. The Morgan fingerprint density at radius 2 is 1.29 bits per heavy atom. The van der Waals surface area contributed by atoms with E-state index in [9.17, 15) is 24.3 Å². The lowest BCUT2D eigenvalue weighted by molar-refractivity contribution is -0.142. The zero-order valence-electron chi connectivity index (χ0n) is 20.5. The van der Waals surface area contributed by atoms with Gasteiger partial charge in [-0.3, -0.25) is 24.4 Å². The minimum absolute atomic E-state index is 0.0571. The van der Waals surface area contributed by atoms with Crippen LogP contribution in [0.25, 0.3) is 0 Å². The van der Waals surface area contributed by atoms with Crippen molar-refractivity contribution in [3.63, 3.8) is 0 Å². The molecule has 0 aromatic carbocycles. The average Bonchev–Trinajstić information content (AvgIpc) is 2.75. The highest BCUT2D eigenvalue weighted by Gasteiger charge is 2.29. The Kier molecular flexibility index (Phi) is 14.4. The Morgan fingerprint density at radius 1 is 0.771 bits per heavy atom. The highest BCUT2D eigenvalue weighted by Crippen LogP contribution is 2.05. The Morgan fingerprint density at radius 3 is 1.74 bits per heavy atom. The fourth-order valence-corrected chi connectivity index (χ4v) is 2.87. The van der Waals surface area contributed by atoms with Gasteiger partial charge in [-0.1, -0.05) is 13.8 Å². The lowest BCUT2D eigenvalue weighted by Gasteiger charge is -2.25. The molecule has 0 aromatic heterocycles. The van der Waals surface area contributed by atoms with Crippen molar-refractivity contribution in [1.29, 1.82) is 0 Å². The average molecular weight is 501 g/mol. The van der Waals surface area contributed by atoms with Gasteiger partial charge in [0.25, 0.3) is 0 Å². The van der Waals surface area contributed by atoms with E-state index in [1.165, 1.54) is 6.92 Å². The van der Waals surface area contributed by atoms with Gasteiger partial charge in [-0.05, 0) is 38.5 Å². The highest BCUT2D eigenvalue weighted by molar-refractivity contribution is 5.94. The predicted molar refractivity (Wildman–Crippen MR) is 132 cm³/mol. The Bertz CT molecular complexity index is 778. The SMILES string of the molecule is CC(NC(=O)C(NC(=O)C(N)CCCN=C(N)N)C(C)C)C(=O)NC(CCCN=C(N)N)C(=O)O. The van der Waals surface area contributed by atoms with E-state index >= 15 is 0 Å².